The Morgan fingerprint density at radius 3 is 2.87 bits per heavy atom. The number of carbonyl (C=O) groups is 1. The predicted octanol–water partition coefficient (Wildman–Crippen LogP) is 2.02. The topological polar surface area (TPSA) is 55.1 Å². The van der Waals surface area contributed by atoms with Gasteiger partial charge in [-0.2, -0.15) is 0 Å². The molecule has 0 aromatic heterocycles. The highest BCUT2D eigenvalue weighted by Gasteiger charge is 2.06. The molecular weight excluding hydrogens is 326 g/mol. The first-order valence-electron chi connectivity index (χ1n) is 4.58. The van der Waals surface area contributed by atoms with Gasteiger partial charge in [0.2, 0.25) is 0 Å². The average Bonchev–Trinajstić information content (AvgIpc) is 2.22. The minimum atomic E-state index is -0.0852. The van der Waals surface area contributed by atoms with Crippen LogP contribution in [0.25, 0.3) is 0 Å². The molecule has 0 aliphatic carbocycles. The second-order valence-corrected chi connectivity index (χ2v) is 4.60. The summed E-state index contributed by atoms with van der Waals surface area (Å²) in [4.78, 5) is 11.6. The summed E-state index contributed by atoms with van der Waals surface area (Å²) >= 11 is 7.95. The lowest BCUT2D eigenvalue weighted by Gasteiger charge is -2.05. The number of hydrogen-bond acceptors (Lipinski definition) is 2. The van der Waals surface area contributed by atoms with Crippen LogP contribution in [0.4, 0.5) is 0 Å². The van der Waals surface area contributed by atoms with Crippen molar-refractivity contribution >= 4 is 40.1 Å². The number of carbonyl (C=O) groups excluding carboxylic acids is 1. The molecule has 1 aromatic carbocycles. The minimum Gasteiger partial charge on any atom is -0.352 e. The fourth-order valence-electron chi connectivity index (χ4n) is 1.04. The molecule has 0 aliphatic rings. The van der Waals surface area contributed by atoms with E-state index in [9.17, 15) is 4.79 Å². The van der Waals surface area contributed by atoms with Gasteiger partial charge in [0.25, 0.3) is 5.91 Å². The van der Waals surface area contributed by atoms with Crippen molar-refractivity contribution in [2.45, 2.75) is 6.42 Å². The first-order chi connectivity index (χ1) is 7.15. The van der Waals surface area contributed by atoms with Crippen molar-refractivity contribution in [3.63, 3.8) is 0 Å². The zero-order valence-electron chi connectivity index (χ0n) is 8.09. The van der Waals surface area contributed by atoms with Crippen LogP contribution in [-0.4, -0.2) is 19.0 Å². The van der Waals surface area contributed by atoms with Gasteiger partial charge in [0.1, 0.15) is 0 Å². The first-order valence-corrected chi connectivity index (χ1v) is 6.04. The minimum absolute atomic E-state index is 0.0852. The van der Waals surface area contributed by atoms with Crippen molar-refractivity contribution in [3.05, 3.63) is 32.4 Å². The maximum absolute atomic E-state index is 11.6. The van der Waals surface area contributed by atoms with Crippen LogP contribution in [0, 0.1) is 3.57 Å². The molecule has 0 spiro atoms. The van der Waals surface area contributed by atoms with Gasteiger partial charge in [0.15, 0.2) is 0 Å². The molecule has 15 heavy (non-hydrogen) atoms. The van der Waals surface area contributed by atoms with Crippen LogP contribution >= 0.6 is 34.2 Å². The van der Waals surface area contributed by atoms with Gasteiger partial charge in [-0.3, -0.25) is 4.79 Å². The van der Waals surface area contributed by atoms with Gasteiger partial charge in [-0.1, -0.05) is 11.6 Å². The molecule has 5 heteroatoms. The van der Waals surface area contributed by atoms with Gasteiger partial charge in [-0.15, -0.1) is 0 Å². The van der Waals surface area contributed by atoms with Crippen molar-refractivity contribution in [3.8, 4) is 0 Å². The molecule has 0 heterocycles. The van der Waals surface area contributed by atoms with E-state index in [0.29, 0.717) is 23.7 Å². The van der Waals surface area contributed by atoms with E-state index in [-0.39, 0.29) is 5.91 Å². The largest absolute Gasteiger partial charge is 0.352 e. The number of nitrogens with one attached hydrogen (secondary N) is 1. The van der Waals surface area contributed by atoms with E-state index in [1.165, 1.54) is 0 Å². The van der Waals surface area contributed by atoms with Crippen LogP contribution < -0.4 is 11.1 Å². The van der Waals surface area contributed by atoms with Crippen molar-refractivity contribution < 1.29 is 4.79 Å². The third-order valence-corrected chi connectivity index (χ3v) is 3.39. The summed E-state index contributed by atoms with van der Waals surface area (Å²) < 4.78 is 0.876. The van der Waals surface area contributed by atoms with Gasteiger partial charge in [-0.25, -0.2) is 0 Å². The van der Waals surface area contributed by atoms with E-state index in [4.69, 9.17) is 17.3 Å². The van der Waals surface area contributed by atoms with Crippen molar-refractivity contribution in [2.24, 2.45) is 5.73 Å². The molecular formula is C10H12ClIN2O. The smallest absolute Gasteiger partial charge is 0.251 e. The molecule has 0 unspecified atom stereocenters. The summed E-state index contributed by atoms with van der Waals surface area (Å²) in [5.74, 6) is -0.0852. The van der Waals surface area contributed by atoms with Gasteiger partial charge >= 0.3 is 0 Å². The van der Waals surface area contributed by atoms with Crippen LogP contribution in [-0.2, 0) is 0 Å². The quantitative estimate of drug-likeness (QED) is 0.652. The average molecular weight is 339 g/mol. The number of halogens is 2. The normalized spacial score (nSPS) is 10.1. The highest BCUT2D eigenvalue weighted by molar-refractivity contribution is 14.1. The Labute approximate surface area is 108 Å². The van der Waals surface area contributed by atoms with Gasteiger partial charge in [-0.05, 0) is 53.8 Å². The van der Waals surface area contributed by atoms with E-state index in [1.807, 2.05) is 0 Å². The summed E-state index contributed by atoms with van der Waals surface area (Å²) in [6.45, 7) is 1.19. The fourth-order valence-corrected chi connectivity index (χ4v) is 1.68. The summed E-state index contributed by atoms with van der Waals surface area (Å²) in [6.07, 6.45) is 0.788. The van der Waals surface area contributed by atoms with Crippen LogP contribution in [0.15, 0.2) is 18.2 Å². The van der Waals surface area contributed by atoms with E-state index in [2.05, 4.69) is 27.9 Å². The lowest BCUT2D eigenvalue weighted by atomic mass is 10.2. The molecule has 1 aromatic rings. The van der Waals surface area contributed by atoms with E-state index >= 15 is 0 Å². The van der Waals surface area contributed by atoms with E-state index in [1.54, 1.807) is 18.2 Å². The molecule has 0 saturated carbocycles. The van der Waals surface area contributed by atoms with Gasteiger partial charge in [0.05, 0.1) is 5.02 Å². The molecule has 0 aliphatic heterocycles. The Balaban J connectivity index is 2.62. The first kappa shape index (κ1) is 12.7. The summed E-state index contributed by atoms with van der Waals surface area (Å²) in [5, 5.41) is 3.44. The van der Waals surface area contributed by atoms with Crippen LogP contribution in [0.1, 0.15) is 16.8 Å². The number of nitrogens with two attached hydrogens (primary N) is 1. The molecule has 0 saturated heterocycles. The van der Waals surface area contributed by atoms with Crippen molar-refractivity contribution in [1.82, 2.24) is 5.32 Å². The number of benzene rings is 1. The lowest BCUT2D eigenvalue weighted by Crippen LogP contribution is -2.25. The third-order valence-electron chi connectivity index (χ3n) is 1.85. The van der Waals surface area contributed by atoms with Gasteiger partial charge in [0, 0.05) is 15.7 Å². The third kappa shape index (κ3) is 3.96. The zero-order valence-corrected chi connectivity index (χ0v) is 11.0. The Hall–Kier alpha value is -0.330. The van der Waals surface area contributed by atoms with E-state index < -0.39 is 0 Å². The molecule has 0 radical (unpaired) electrons. The molecule has 1 amide bonds. The molecule has 0 atom stereocenters. The molecule has 82 valence electrons. The molecule has 3 nitrogen and oxygen atoms in total. The highest BCUT2D eigenvalue weighted by Crippen LogP contribution is 2.19. The predicted molar refractivity (Wildman–Crippen MR) is 70.2 cm³/mol. The Morgan fingerprint density at radius 2 is 2.27 bits per heavy atom. The molecule has 1 rings (SSSR count). The Bertz CT molecular complexity index is 357. The zero-order chi connectivity index (χ0) is 11.3. The lowest BCUT2D eigenvalue weighted by molar-refractivity contribution is 0.0953. The second-order valence-electron chi connectivity index (χ2n) is 3.03. The number of amides is 1. The molecule has 0 bridgehead atoms. The van der Waals surface area contributed by atoms with Crippen LogP contribution in [0.2, 0.25) is 5.02 Å². The maximum Gasteiger partial charge on any atom is 0.251 e. The van der Waals surface area contributed by atoms with Crippen molar-refractivity contribution in [2.75, 3.05) is 13.1 Å². The number of hydrogen-bond donors (Lipinski definition) is 2. The molecule has 3 N–H and O–H groups in total. The van der Waals surface area contributed by atoms with Crippen molar-refractivity contribution in [1.29, 1.82) is 0 Å². The Morgan fingerprint density at radius 1 is 1.53 bits per heavy atom. The Kier molecular flexibility index (Phi) is 5.35. The summed E-state index contributed by atoms with van der Waals surface area (Å²) in [5.41, 5.74) is 5.95. The standard InChI is InChI=1S/C10H12ClIN2O/c11-8-3-2-7(6-9(8)12)10(15)14-5-1-4-13/h2-3,6H,1,4-5,13H2,(H,14,15). The maximum atomic E-state index is 11.6. The van der Waals surface area contributed by atoms with Crippen LogP contribution in [0.3, 0.4) is 0 Å². The monoisotopic (exact) mass is 338 g/mol. The van der Waals surface area contributed by atoms with Gasteiger partial charge < -0.3 is 11.1 Å². The fraction of sp³-hybridized carbons (Fsp3) is 0.300. The number of rotatable bonds is 4. The highest BCUT2D eigenvalue weighted by atomic mass is 127. The van der Waals surface area contributed by atoms with E-state index in [0.717, 1.165) is 9.99 Å². The summed E-state index contributed by atoms with van der Waals surface area (Å²) in [7, 11) is 0. The molecule has 0 fully saturated rings. The SMILES string of the molecule is NCCCNC(=O)c1ccc(Cl)c(I)c1. The summed E-state index contributed by atoms with van der Waals surface area (Å²) in [6, 6.07) is 5.20. The van der Waals surface area contributed by atoms with Crippen LogP contribution in [0.5, 0.6) is 0 Å². The second kappa shape index (κ2) is 6.30.